The molecule has 27 heavy (non-hydrogen) atoms. The largest absolute Gasteiger partial charge is 0.389 e. The van der Waals surface area contributed by atoms with Gasteiger partial charge in [0.2, 0.25) is 0 Å². The highest BCUT2D eigenvalue weighted by Gasteiger charge is 2.19. The molecule has 1 atom stereocenters. The Morgan fingerprint density at radius 2 is 1.96 bits per heavy atom. The van der Waals surface area contributed by atoms with Gasteiger partial charge >= 0.3 is 5.69 Å². The van der Waals surface area contributed by atoms with Crippen molar-refractivity contribution in [2.75, 3.05) is 0 Å². The van der Waals surface area contributed by atoms with Crippen LogP contribution in [-0.2, 0) is 13.6 Å². The molecule has 2 heterocycles. The van der Waals surface area contributed by atoms with Gasteiger partial charge in [0.1, 0.15) is 0 Å². The summed E-state index contributed by atoms with van der Waals surface area (Å²) in [6, 6.07) is 11.1. The van der Waals surface area contributed by atoms with Gasteiger partial charge in [-0.3, -0.25) is 9.13 Å². The molecule has 6 nitrogen and oxygen atoms in total. The van der Waals surface area contributed by atoms with E-state index in [0.29, 0.717) is 34.6 Å². The van der Waals surface area contributed by atoms with Crippen LogP contribution in [0.3, 0.4) is 0 Å². The van der Waals surface area contributed by atoms with Crippen LogP contribution in [0.5, 0.6) is 0 Å². The molecule has 0 bridgehead atoms. The van der Waals surface area contributed by atoms with E-state index < -0.39 is 6.10 Å². The molecule has 0 spiro atoms. The number of fused-ring (bicyclic) bond motifs is 1. The van der Waals surface area contributed by atoms with Crippen LogP contribution in [-0.4, -0.2) is 19.2 Å². The van der Waals surface area contributed by atoms with Gasteiger partial charge in [0.15, 0.2) is 5.65 Å². The summed E-state index contributed by atoms with van der Waals surface area (Å²) >= 11 is 0. The Morgan fingerprint density at radius 1 is 1.26 bits per heavy atom. The predicted octanol–water partition coefficient (Wildman–Crippen LogP) is 3.37. The summed E-state index contributed by atoms with van der Waals surface area (Å²) in [5.41, 5.74) is 3.63. The Bertz CT molecular complexity index is 1110. The van der Waals surface area contributed by atoms with Gasteiger partial charge < -0.3 is 5.11 Å². The molecule has 1 N–H and O–H groups in total. The monoisotopic (exact) mass is 364 g/mol. The fourth-order valence-corrected chi connectivity index (χ4v) is 3.18. The van der Waals surface area contributed by atoms with Crippen molar-refractivity contribution < 1.29 is 5.11 Å². The summed E-state index contributed by atoms with van der Waals surface area (Å²) in [5, 5.41) is 19.3. The first-order valence-electron chi connectivity index (χ1n) is 8.91. The van der Waals surface area contributed by atoms with Crippen molar-refractivity contribution in [3.8, 4) is 17.3 Å². The number of rotatable bonds is 3. The fraction of sp³-hybridized carbons (Fsp3) is 0.381. The van der Waals surface area contributed by atoms with Crippen molar-refractivity contribution in [3.05, 3.63) is 51.9 Å². The summed E-state index contributed by atoms with van der Waals surface area (Å²) in [5.74, 6) is 0. The van der Waals surface area contributed by atoms with Crippen LogP contribution in [0, 0.1) is 16.7 Å². The molecule has 140 valence electrons. The molecule has 0 saturated heterocycles. The lowest BCUT2D eigenvalue weighted by atomic mass is 9.97. The number of aliphatic hydroxyl groups is 1. The number of imidazole rings is 1. The minimum atomic E-state index is -0.641. The highest BCUT2D eigenvalue weighted by molar-refractivity contribution is 5.78. The standard InChI is InChI=1S/C21H24N4O2/c1-13(26)14-6-7-15(11-22)16(10-14)17-8-9-18-19(23-17)24(5)20(27)25(18)12-21(2,3)4/h6-10,13,26H,12H2,1-5H3. The van der Waals surface area contributed by atoms with Crippen molar-refractivity contribution in [1.82, 2.24) is 14.1 Å². The third-order valence-corrected chi connectivity index (χ3v) is 4.54. The van der Waals surface area contributed by atoms with Crippen LogP contribution in [0.1, 0.15) is 44.9 Å². The molecule has 0 amide bonds. The second-order valence-corrected chi connectivity index (χ2v) is 8.12. The third-order valence-electron chi connectivity index (χ3n) is 4.54. The molecule has 2 aromatic heterocycles. The van der Waals surface area contributed by atoms with Gasteiger partial charge in [-0.05, 0) is 42.2 Å². The first-order valence-corrected chi connectivity index (χ1v) is 8.91. The number of aromatic nitrogens is 3. The van der Waals surface area contributed by atoms with Crippen molar-refractivity contribution in [3.63, 3.8) is 0 Å². The Balaban J connectivity index is 2.22. The Kier molecular flexibility index (Phi) is 4.66. The van der Waals surface area contributed by atoms with Crippen LogP contribution in [0.2, 0.25) is 0 Å². The molecular formula is C21H24N4O2. The fourth-order valence-electron chi connectivity index (χ4n) is 3.18. The number of pyridine rings is 1. The van der Waals surface area contributed by atoms with Crippen molar-refractivity contribution in [2.24, 2.45) is 12.5 Å². The summed E-state index contributed by atoms with van der Waals surface area (Å²) in [6.07, 6.45) is -0.641. The van der Waals surface area contributed by atoms with Gasteiger partial charge in [-0.1, -0.05) is 26.8 Å². The first-order chi connectivity index (χ1) is 12.6. The van der Waals surface area contributed by atoms with E-state index in [1.54, 1.807) is 36.7 Å². The molecule has 0 saturated carbocycles. The van der Waals surface area contributed by atoms with Gasteiger partial charge in [0, 0.05) is 19.2 Å². The number of aryl methyl sites for hydroxylation is 1. The van der Waals surface area contributed by atoms with Gasteiger partial charge in [-0.25, -0.2) is 9.78 Å². The lowest BCUT2D eigenvalue weighted by Crippen LogP contribution is -2.27. The van der Waals surface area contributed by atoms with Crippen molar-refractivity contribution in [1.29, 1.82) is 5.26 Å². The van der Waals surface area contributed by atoms with Gasteiger partial charge in [0.05, 0.1) is 28.9 Å². The zero-order valence-corrected chi connectivity index (χ0v) is 16.3. The van der Waals surface area contributed by atoms with Crippen molar-refractivity contribution in [2.45, 2.75) is 40.3 Å². The molecule has 0 aliphatic rings. The molecule has 0 aliphatic heterocycles. The summed E-state index contributed by atoms with van der Waals surface area (Å²) < 4.78 is 3.28. The molecular weight excluding hydrogens is 340 g/mol. The molecule has 3 aromatic rings. The van der Waals surface area contributed by atoms with E-state index in [9.17, 15) is 15.2 Å². The normalized spacial score (nSPS) is 12.9. The Hall–Kier alpha value is -2.91. The van der Waals surface area contributed by atoms with Gasteiger partial charge in [-0.15, -0.1) is 0 Å². The lowest BCUT2D eigenvalue weighted by molar-refractivity contribution is 0.199. The highest BCUT2D eigenvalue weighted by atomic mass is 16.3. The summed E-state index contributed by atoms with van der Waals surface area (Å²) in [7, 11) is 1.71. The van der Waals surface area contributed by atoms with E-state index in [4.69, 9.17) is 0 Å². The maximum atomic E-state index is 12.7. The topological polar surface area (TPSA) is 83.8 Å². The summed E-state index contributed by atoms with van der Waals surface area (Å²) in [6.45, 7) is 8.52. The van der Waals surface area contributed by atoms with E-state index in [0.717, 1.165) is 5.52 Å². The minimum Gasteiger partial charge on any atom is -0.389 e. The number of nitriles is 1. The van der Waals surface area contributed by atoms with Crippen LogP contribution in [0.25, 0.3) is 22.4 Å². The van der Waals surface area contributed by atoms with E-state index >= 15 is 0 Å². The number of nitrogens with zero attached hydrogens (tertiary/aromatic N) is 4. The highest BCUT2D eigenvalue weighted by Crippen LogP contribution is 2.28. The van der Waals surface area contributed by atoms with E-state index in [2.05, 4.69) is 31.8 Å². The van der Waals surface area contributed by atoms with Gasteiger partial charge in [0.25, 0.3) is 0 Å². The van der Waals surface area contributed by atoms with E-state index in [1.807, 2.05) is 12.1 Å². The molecule has 1 unspecified atom stereocenters. The molecule has 0 radical (unpaired) electrons. The number of hydrogen-bond donors (Lipinski definition) is 1. The Morgan fingerprint density at radius 3 is 2.56 bits per heavy atom. The molecule has 6 heteroatoms. The number of benzene rings is 1. The average Bonchev–Trinajstić information content (AvgIpc) is 2.84. The van der Waals surface area contributed by atoms with E-state index in [1.165, 1.54) is 4.57 Å². The van der Waals surface area contributed by atoms with Crippen LogP contribution in [0.4, 0.5) is 0 Å². The predicted molar refractivity (Wildman–Crippen MR) is 105 cm³/mol. The minimum absolute atomic E-state index is 0.0453. The Labute approximate surface area is 158 Å². The number of aliphatic hydroxyl groups excluding tert-OH is 1. The molecule has 3 rings (SSSR count). The second kappa shape index (κ2) is 6.67. The quantitative estimate of drug-likeness (QED) is 0.772. The zero-order valence-electron chi connectivity index (χ0n) is 16.3. The number of hydrogen-bond acceptors (Lipinski definition) is 4. The zero-order chi connectivity index (χ0) is 19.9. The second-order valence-electron chi connectivity index (χ2n) is 8.12. The van der Waals surface area contributed by atoms with Crippen LogP contribution in [0.15, 0.2) is 35.1 Å². The average molecular weight is 364 g/mol. The smallest absolute Gasteiger partial charge is 0.330 e. The first kappa shape index (κ1) is 18.9. The van der Waals surface area contributed by atoms with Crippen LogP contribution >= 0.6 is 0 Å². The lowest BCUT2D eigenvalue weighted by Gasteiger charge is -2.18. The third kappa shape index (κ3) is 3.51. The maximum Gasteiger partial charge on any atom is 0.330 e. The van der Waals surface area contributed by atoms with Crippen molar-refractivity contribution >= 4 is 11.2 Å². The molecule has 0 aliphatic carbocycles. The molecule has 0 fully saturated rings. The van der Waals surface area contributed by atoms with Crippen LogP contribution < -0.4 is 5.69 Å². The summed E-state index contributed by atoms with van der Waals surface area (Å²) in [4.78, 5) is 17.4. The molecule has 1 aromatic carbocycles. The SMILES string of the molecule is CC(O)c1ccc(C#N)c(-c2ccc3c(n2)n(C)c(=O)n3CC(C)(C)C)c1. The maximum absolute atomic E-state index is 12.7. The van der Waals surface area contributed by atoms with Gasteiger partial charge in [-0.2, -0.15) is 5.26 Å². The van der Waals surface area contributed by atoms with E-state index in [-0.39, 0.29) is 11.1 Å².